The largest absolute Gasteiger partial charge is 0.497 e. The third-order valence-corrected chi connectivity index (χ3v) is 4.10. The standard InChI is InChI=1S/C20H24N4O/c1-25-18-9-5-8-17(14-18)15-20(21)11-13-23-19(24-20)22-12-10-16-6-3-2-4-7-16/h2-9,11,13-14H,10,12,15,21H2,1H3,(H2,22,23,24). The first-order valence-corrected chi connectivity index (χ1v) is 8.39. The Morgan fingerprint density at radius 3 is 2.68 bits per heavy atom. The summed E-state index contributed by atoms with van der Waals surface area (Å²) in [5, 5.41) is 6.41. The molecule has 3 rings (SSSR count). The van der Waals surface area contributed by atoms with Crippen LogP contribution < -0.4 is 21.1 Å². The van der Waals surface area contributed by atoms with Gasteiger partial charge in [0.2, 0.25) is 0 Å². The number of ether oxygens (including phenoxy) is 1. The number of guanidine groups is 1. The zero-order chi connectivity index (χ0) is 17.5. The molecule has 25 heavy (non-hydrogen) atoms. The van der Waals surface area contributed by atoms with E-state index in [1.54, 1.807) is 7.11 Å². The summed E-state index contributed by atoms with van der Waals surface area (Å²) in [5.41, 5.74) is 8.19. The van der Waals surface area contributed by atoms with Crippen LogP contribution >= 0.6 is 0 Å². The van der Waals surface area contributed by atoms with Crippen LogP contribution in [0.25, 0.3) is 0 Å². The number of nitrogens with zero attached hydrogens (tertiary/aromatic N) is 1. The maximum absolute atomic E-state index is 6.50. The smallest absolute Gasteiger partial charge is 0.197 e. The van der Waals surface area contributed by atoms with Gasteiger partial charge >= 0.3 is 0 Å². The second kappa shape index (κ2) is 7.85. The fraction of sp³-hybridized carbons (Fsp3) is 0.250. The number of nitrogens with one attached hydrogen (secondary N) is 2. The lowest BCUT2D eigenvalue weighted by atomic mass is 9.99. The number of benzene rings is 2. The van der Waals surface area contributed by atoms with Gasteiger partial charge in [0, 0.05) is 19.2 Å². The van der Waals surface area contributed by atoms with Gasteiger partial charge in [0.1, 0.15) is 11.4 Å². The Morgan fingerprint density at radius 2 is 1.88 bits per heavy atom. The summed E-state index contributed by atoms with van der Waals surface area (Å²) in [4.78, 5) is 4.59. The van der Waals surface area contributed by atoms with Crippen LogP contribution in [-0.4, -0.2) is 25.3 Å². The zero-order valence-corrected chi connectivity index (χ0v) is 14.4. The summed E-state index contributed by atoms with van der Waals surface area (Å²) in [7, 11) is 1.66. The number of hydrogen-bond acceptors (Lipinski definition) is 3. The minimum atomic E-state index is -0.677. The van der Waals surface area contributed by atoms with E-state index in [4.69, 9.17) is 10.5 Å². The maximum atomic E-state index is 6.50. The molecule has 0 saturated heterocycles. The highest BCUT2D eigenvalue weighted by atomic mass is 16.5. The Labute approximate surface area is 148 Å². The van der Waals surface area contributed by atoms with Crippen LogP contribution in [0.5, 0.6) is 5.75 Å². The van der Waals surface area contributed by atoms with Crippen molar-refractivity contribution < 1.29 is 4.74 Å². The van der Waals surface area contributed by atoms with Gasteiger partial charge in [-0.2, -0.15) is 0 Å². The normalized spacial score (nSPS) is 20.8. The van der Waals surface area contributed by atoms with E-state index in [9.17, 15) is 0 Å². The van der Waals surface area contributed by atoms with Crippen LogP contribution in [0.2, 0.25) is 0 Å². The van der Waals surface area contributed by atoms with Crippen LogP contribution in [0.3, 0.4) is 0 Å². The Bertz CT molecular complexity index is 757. The van der Waals surface area contributed by atoms with Gasteiger partial charge in [0.15, 0.2) is 5.96 Å². The molecule has 4 N–H and O–H groups in total. The van der Waals surface area contributed by atoms with E-state index in [0.29, 0.717) is 18.9 Å². The first-order chi connectivity index (χ1) is 12.2. The lowest BCUT2D eigenvalue weighted by molar-refractivity contribution is 0.413. The zero-order valence-electron chi connectivity index (χ0n) is 14.4. The highest BCUT2D eigenvalue weighted by Crippen LogP contribution is 2.17. The van der Waals surface area contributed by atoms with Crippen molar-refractivity contribution in [2.75, 3.05) is 13.7 Å². The third-order valence-electron chi connectivity index (χ3n) is 4.10. The van der Waals surface area contributed by atoms with Crippen molar-refractivity contribution in [3.05, 3.63) is 78.0 Å². The quantitative estimate of drug-likeness (QED) is 0.756. The van der Waals surface area contributed by atoms with Crippen LogP contribution in [0.4, 0.5) is 0 Å². The van der Waals surface area contributed by atoms with Crippen molar-refractivity contribution in [3.8, 4) is 5.75 Å². The van der Waals surface area contributed by atoms with Gasteiger partial charge in [-0.15, -0.1) is 0 Å². The van der Waals surface area contributed by atoms with Crippen molar-refractivity contribution in [2.45, 2.75) is 18.5 Å². The first kappa shape index (κ1) is 17.0. The fourth-order valence-corrected chi connectivity index (χ4v) is 2.82. The van der Waals surface area contributed by atoms with Crippen molar-refractivity contribution in [1.29, 1.82) is 0 Å². The van der Waals surface area contributed by atoms with E-state index in [1.165, 1.54) is 5.56 Å². The second-order valence-corrected chi connectivity index (χ2v) is 6.14. The first-order valence-electron chi connectivity index (χ1n) is 8.39. The molecule has 1 aliphatic heterocycles. The highest BCUT2D eigenvalue weighted by molar-refractivity contribution is 5.83. The molecule has 1 heterocycles. The van der Waals surface area contributed by atoms with Gasteiger partial charge in [-0.1, -0.05) is 42.5 Å². The molecule has 5 heteroatoms. The molecule has 0 bridgehead atoms. The van der Waals surface area contributed by atoms with Gasteiger partial charge in [-0.3, -0.25) is 4.99 Å². The molecule has 2 aromatic rings. The Morgan fingerprint density at radius 1 is 1.08 bits per heavy atom. The summed E-state index contributed by atoms with van der Waals surface area (Å²) in [6.07, 6.45) is 5.30. The molecule has 130 valence electrons. The number of hydrogen-bond donors (Lipinski definition) is 3. The van der Waals surface area contributed by atoms with E-state index in [2.05, 4.69) is 27.8 Å². The van der Waals surface area contributed by atoms with Gasteiger partial charge in [-0.05, 0) is 35.8 Å². The van der Waals surface area contributed by atoms with Crippen LogP contribution in [0, 0.1) is 0 Å². The third kappa shape index (κ3) is 4.84. The predicted octanol–water partition coefficient (Wildman–Crippen LogP) is 2.20. The predicted molar refractivity (Wildman–Crippen MR) is 101 cm³/mol. The second-order valence-electron chi connectivity index (χ2n) is 6.14. The van der Waals surface area contributed by atoms with Gasteiger partial charge in [0.05, 0.1) is 7.11 Å². The van der Waals surface area contributed by atoms with Gasteiger partial charge in [-0.25, -0.2) is 0 Å². The number of rotatable bonds is 6. The molecule has 0 radical (unpaired) electrons. The van der Waals surface area contributed by atoms with E-state index in [1.807, 2.05) is 54.7 Å². The molecule has 1 atom stereocenters. The number of nitrogens with two attached hydrogens (primary N) is 1. The van der Waals surface area contributed by atoms with Crippen molar-refractivity contribution in [3.63, 3.8) is 0 Å². The van der Waals surface area contributed by atoms with E-state index < -0.39 is 5.66 Å². The number of methoxy groups -OCH3 is 1. The molecule has 0 aliphatic carbocycles. The molecule has 5 nitrogen and oxygen atoms in total. The monoisotopic (exact) mass is 336 g/mol. The Kier molecular flexibility index (Phi) is 5.36. The average molecular weight is 336 g/mol. The average Bonchev–Trinajstić information content (AvgIpc) is 2.62. The molecule has 1 aliphatic rings. The summed E-state index contributed by atoms with van der Waals surface area (Å²) in [5.74, 6) is 1.53. The lowest BCUT2D eigenvalue weighted by Crippen LogP contribution is -2.61. The van der Waals surface area contributed by atoms with Gasteiger partial charge in [0.25, 0.3) is 0 Å². The van der Waals surface area contributed by atoms with Crippen LogP contribution in [0.15, 0.2) is 71.9 Å². The molecule has 0 spiro atoms. The highest BCUT2D eigenvalue weighted by Gasteiger charge is 2.26. The van der Waals surface area contributed by atoms with Crippen molar-refractivity contribution >= 4 is 5.96 Å². The topological polar surface area (TPSA) is 71.7 Å². The maximum Gasteiger partial charge on any atom is 0.197 e. The number of aliphatic imine (C=N–C) groups is 1. The van der Waals surface area contributed by atoms with Gasteiger partial charge < -0.3 is 21.1 Å². The van der Waals surface area contributed by atoms with Crippen LogP contribution in [-0.2, 0) is 12.8 Å². The molecule has 0 saturated carbocycles. The minimum absolute atomic E-state index is 0.639. The Balaban J connectivity index is 1.62. The summed E-state index contributed by atoms with van der Waals surface area (Å²) in [6.45, 7) is 0.697. The van der Waals surface area contributed by atoms with E-state index in [0.717, 1.165) is 17.7 Å². The molecule has 0 amide bonds. The molecular weight excluding hydrogens is 312 g/mol. The summed E-state index contributed by atoms with van der Waals surface area (Å²) >= 11 is 0. The summed E-state index contributed by atoms with van der Waals surface area (Å²) in [6, 6.07) is 18.3. The minimum Gasteiger partial charge on any atom is -0.497 e. The van der Waals surface area contributed by atoms with E-state index in [-0.39, 0.29) is 0 Å². The molecular formula is C20H24N4O. The SMILES string of the molecule is COc1cccc(CC2(N)C=CNC(=NCCc3ccccc3)N2)c1. The van der Waals surface area contributed by atoms with Crippen LogP contribution in [0.1, 0.15) is 11.1 Å². The van der Waals surface area contributed by atoms with Crippen molar-refractivity contribution in [1.82, 2.24) is 10.6 Å². The lowest BCUT2D eigenvalue weighted by Gasteiger charge is -2.32. The van der Waals surface area contributed by atoms with E-state index >= 15 is 0 Å². The Hall–Kier alpha value is -2.79. The molecule has 1 unspecified atom stereocenters. The molecule has 0 aromatic heterocycles. The summed E-state index contributed by atoms with van der Waals surface area (Å²) < 4.78 is 5.28. The van der Waals surface area contributed by atoms with Crippen molar-refractivity contribution in [2.24, 2.45) is 10.7 Å². The molecule has 2 aromatic carbocycles. The fourth-order valence-electron chi connectivity index (χ4n) is 2.82. The molecule has 0 fully saturated rings.